The second-order valence-electron chi connectivity index (χ2n) is 8.77. The Morgan fingerprint density at radius 1 is 0.971 bits per heavy atom. The Morgan fingerprint density at radius 2 is 1.69 bits per heavy atom. The van der Waals surface area contributed by atoms with Crippen molar-refractivity contribution in [1.82, 2.24) is 0 Å². The Hall–Kier alpha value is -2.97. The third-order valence-corrected chi connectivity index (χ3v) is 7.26. The van der Waals surface area contributed by atoms with Crippen LogP contribution in [0.1, 0.15) is 25.0 Å². The largest absolute Gasteiger partial charge is 0.493 e. The summed E-state index contributed by atoms with van der Waals surface area (Å²) < 4.78 is 34.9. The number of benzene rings is 3. The summed E-state index contributed by atoms with van der Waals surface area (Å²) in [6.45, 7) is 6.30. The van der Waals surface area contributed by atoms with Crippen LogP contribution in [0.2, 0.25) is 0 Å². The summed E-state index contributed by atoms with van der Waals surface area (Å²) in [5, 5.41) is 8.81. The highest BCUT2D eigenvalue weighted by atomic mass is 32.2. The third-order valence-electron chi connectivity index (χ3n) is 5.07. The number of aryl methyl sites for hydroxylation is 1. The lowest BCUT2D eigenvalue weighted by Gasteiger charge is -2.14. The van der Waals surface area contributed by atoms with Crippen LogP contribution in [-0.2, 0) is 20.4 Å². The SMILES string of the molecule is Cc1cc(SCc2cc(OCC(C)C)cc(-c3ccc(S(C)(=O)=O)cc3)c2)ccc1OCC(=O)O. The molecule has 8 heteroatoms. The van der Waals surface area contributed by atoms with E-state index in [9.17, 15) is 13.2 Å². The molecule has 1 N–H and O–H groups in total. The summed E-state index contributed by atoms with van der Waals surface area (Å²) in [5.41, 5.74) is 3.81. The quantitative estimate of drug-likeness (QED) is 0.321. The predicted molar refractivity (Wildman–Crippen MR) is 139 cm³/mol. The van der Waals surface area contributed by atoms with E-state index in [0.29, 0.717) is 24.0 Å². The minimum Gasteiger partial charge on any atom is -0.493 e. The molecule has 0 saturated carbocycles. The number of thioether (sulfide) groups is 1. The molecule has 6 nitrogen and oxygen atoms in total. The maximum absolute atomic E-state index is 11.8. The number of sulfone groups is 1. The molecule has 35 heavy (non-hydrogen) atoms. The zero-order valence-corrected chi connectivity index (χ0v) is 21.9. The number of hydrogen-bond acceptors (Lipinski definition) is 6. The van der Waals surface area contributed by atoms with Gasteiger partial charge in [0.2, 0.25) is 0 Å². The molecule has 0 amide bonds. The summed E-state index contributed by atoms with van der Waals surface area (Å²) in [7, 11) is -3.26. The first-order valence-electron chi connectivity index (χ1n) is 11.2. The van der Waals surface area contributed by atoms with Gasteiger partial charge in [-0.15, -0.1) is 11.8 Å². The molecule has 0 fully saturated rings. The third kappa shape index (κ3) is 8.04. The Kier molecular flexibility index (Phi) is 8.86. The molecule has 0 aliphatic rings. The normalized spacial score (nSPS) is 11.5. The van der Waals surface area contributed by atoms with Gasteiger partial charge in [0.05, 0.1) is 11.5 Å². The second-order valence-corrected chi connectivity index (χ2v) is 11.8. The van der Waals surface area contributed by atoms with Crippen LogP contribution in [-0.4, -0.2) is 39.0 Å². The van der Waals surface area contributed by atoms with Gasteiger partial charge < -0.3 is 14.6 Å². The average Bonchev–Trinajstić information content (AvgIpc) is 2.80. The molecule has 3 rings (SSSR count). The van der Waals surface area contributed by atoms with Crippen LogP contribution in [0.5, 0.6) is 11.5 Å². The number of carboxylic acids is 1. The molecule has 0 atom stereocenters. The molecule has 186 valence electrons. The van der Waals surface area contributed by atoms with Gasteiger partial charge >= 0.3 is 5.97 Å². The van der Waals surface area contributed by atoms with E-state index in [2.05, 4.69) is 19.9 Å². The first-order chi connectivity index (χ1) is 16.5. The van der Waals surface area contributed by atoms with E-state index >= 15 is 0 Å². The number of ether oxygens (including phenoxy) is 2. The summed E-state index contributed by atoms with van der Waals surface area (Å²) in [4.78, 5) is 12.1. The molecule has 3 aromatic rings. The zero-order chi connectivity index (χ0) is 25.6. The van der Waals surface area contributed by atoms with Crippen molar-refractivity contribution in [1.29, 1.82) is 0 Å². The van der Waals surface area contributed by atoms with E-state index < -0.39 is 15.8 Å². The van der Waals surface area contributed by atoms with Gasteiger partial charge in [0, 0.05) is 16.9 Å². The van der Waals surface area contributed by atoms with Crippen molar-refractivity contribution >= 4 is 27.6 Å². The molecule has 0 saturated heterocycles. The molecule has 0 aliphatic carbocycles. The molecule has 0 heterocycles. The second kappa shape index (κ2) is 11.6. The lowest BCUT2D eigenvalue weighted by Crippen LogP contribution is -2.09. The molecule has 0 radical (unpaired) electrons. The summed E-state index contributed by atoms with van der Waals surface area (Å²) in [5.74, 6) is 1.40. The number of aliphatic carboxylic acids is 1. The first kappa shape index (κ1) is 26.6. The minimum absolute atomic E-state index is 0.287. The fraction of sp³-hybridized carbons (Fsp3) is 0.296. The molecular weight excluding hydrogens is 484 g/mol. The lowest BCUT2D eigenvalue weighted by molar-refractivity contribution is -0.139. The van der Waals surface area contributed by atoms with Gasteiger partial charge in [-0.2, -0.15) is 0 Å². The van der Waals surface area contributed by atoms with Crippen molar-refractivity contribution in [2.45, 2.75) is 36.3 Å². The molecule has 0 bridgehead atoms. The van der Waals surface area contributed by atoms with Crippen LogP contribution in [0.15, 0.2) is 70.5 Å². The first-order valence-corrected chi connectivity index (χ1v) is 14.0. The number of carboxylic acid groups (broad SMARTS) is 1. The van der Waals surface area contributed by atoms with Crippen molar-refractivity contribution in [2.24, 2.45) is 5.92 Å². The molecule has 0 unspecified atom stereocenters. The van der Waals surface area contributed by atoms with E-state index in [1.54, 1.807) is 30.0 Å². The Bertz CT molecular complexity index is 1280. The fourth-order valence-corrected chi connectivity index (χ4v) is 4.89. The van der Waals surface area contributed by atoms with Crippen LogP contribution in [0.3, 0.4) is 0 Å². The Morgan fingerprint density at radius 3 is 2.29 bits per heavy atom. The van der Waals surface area contributed by atoms with Crippen LogP contribution in [0.25, 0.3) is 11.1 Å². The van der Waals surface area contributed by atoms with Gasteiger partial charge in [-0.3, -0.25) is 0 Å². The van der Waals surface area contributed by atoms with Gasteiger partial charge in [-0.25, -0.2) is 13.2 Å². The van der Waals surface area contributed by atoms with E-state index in [-0.39, 0.29) is 11.5 Å². The molecule has 0 spiro atoms. The summed E-state index contributed by atoms with van der Waals surface area (Å²) in [6, 6.07) is 18.6. The van der Waals surface area contributed by atoms with Crippen molar-refractivity contribution < 1.29 is 27.8 Å². The summed E-state index contributed by atoms with van der Waals surface area (Å²) in [6.07, 6.45) is 1.20. The van der Waals surface area contributed by atoms with Crippen molar-refractivity contribution in [3.63, 3.8) is 0 Å². The standard InChI is InChI=1S/C27H30O6S2/c1-18(2)15-32-23-13-20(12-22(14-23)21-5-8-25(9-6-21)35(4,30)31)17-34-24-7-10-26(19(3)11-24)33-16-27(28)29/h5-14,18H,15-17H2,1-4H3,(H,28,29). The van der Waals surface area contributed by atoms with E-state index in [0.717, 1.165) is 32.9 Å². The summed E-state index contributed by atoms with van der Waals surface area (Å²) >= 11 is 1.66. The molecule has 0 aliphatic heterocycles. The van der Waals surface area contributed by atoms with Gasteiger partial charge in [0.25, 0.3) is 0 Å². The van der Waals surface area contributed by atoms with Crippen LogP contribution in [0.4, 0.5) is 0 Å². The molecule has 3 aromatic carbocycles. The van der Waals surface area contributed by atoms with Gasteiger partial charge in [0.1, 0.15) is 11.5 Å². The highest BCUT2D eigenvalue weighted by Gasteiger charge is 2.10. The van der Waals surface area contributed by atoms with E-state index in [1.165, 1.54) is 6.26 Å². The van der Waals surface area contributed by atoms with Crippen LogP contribution < -0.4 is 9.47 Å². The van der Waals surface area contributed by atoms with Crippen molar-refractivity contribution in [3.8, 4) is 22.6 Å². The Balaban J connectivity index is 1.82. The van der Waals surface area contributed by atoms with Crippen LogP contribution in [0, 0.1) is 12.8 Å². The fourth-order valence-electron chi connectivity index (χ4n) is 3.33. The van der Waals surface area contributed by atoms with Gasteiger partial charge in [-0.1, -0.05) is 32.0 Å². The number of hydrogen-bond donors (Lipinski definition) is 1. The van der Waals surface area contributed by atoms with Crippen LogP contribution >= 0.6 is 11.8 Å². The number of rotatable bonds is 11. The lowest BCUT2D eigenvalue weighted by atomic mass is 10.0. The van der Waals surface area contributed by atoms with Crippen molar-refractivity contribution in [2.75, 3.05) is 19.5 Å². The molecule has 0 aromatic heterocycles. The highest BCUT2D eigenvalue weighted by Crippen LogP contribution is 2.32. The van der Waals surface area contributed by atoms with Gasteiger partial charge in [0.15, 0.2) is 16.4 Å². The monoisotopic (exact) mass is 514 g/mol. The molecular formula is C27H30O6S2. The smallest absolute Gasteiger partial charge is 0.341 e. The maximum Gasteiger partial charge on any atom is 0.341 e. The number of carbonyl (C=O) groups is 1. The van der Waals surface area contributed by atoms with E-state index in [1.807, 2.05) is 43.3 Å². The zero-order valence-electron chi connectivity index (χ0n) is 20.3. The topological polar surface area (TPSA) is 89.9 Å². The van der Waals surface area contributed by atoms with Gasteiger partial charge in [-0.05, 0) is 77.6 Å². The van der Waals surface area contributed by atoms with E-state index in [4.69, 9.17) is 14.6 Å². The maximum atomic E-state index is 11.8. The van der Waals surface area contributed by atoms with Crippen molar-refractivity contribution in [3.05, 3.63) is 71.8 Å². The average molecular weight is 515 g/mol. The highest BCUT2D eigenvalue weighted by molar-refractivity contribution is 7.98. The Labute approximate surface area is 211 Å². The predicted octanol–water partition coefficient (Wildman–Crippen LogP) is 5.86. The minimum atomic E-state index is -3.26.